The maximum absolute atomic E-state index is 12.2. The number of fused-ring (bicyclic) bond motifs is 1. The fourth-order valence-corrected chi connectivity index (χ4v) is 3.18. The summed E-state index contributed by atoms with van der Waals surface area (Å²) in [5.74, 6) is -0.126. The number of amides is 1. The summed E-state index contributed by atoms with van der Waals surface area (Å²) in [7, 11) is 0. The van der Waals surface area contributed by atoms with Crippen LogP contribution in [0.4, 0.5) is 0 Å². The van der Waals surface area contributed by atoms with Crippen molar-refractivity contribution in [2.24, 2.45) is 0 Å². The number of nitrogens with zero attached hydrogens (tertiary/aromatic N) is 3. The van der Waals surface area contributed by atoms with Crippen LogP contribution in [0.3, 0.4) is 0 Å². The fraction of sp³-hybridized carbons (Fsp3) is 0.500. The minimum Gasteiger partial charge on any atom is -0.379 e. The van der Waals surface area contributed by atoms with E-state index in [1.165, 1.54) is 11.3 Å². The van der Waals surface area contributed by atoms with E-state index in [-0.39, 0.29) is 11.9 Å². The average Bonchev–Trinajstić information content (AvgIpc) is 2.92. The van der Waals surface area contributed by atoms with Crippen molar-refractivity contribution in [2.45, 2.75) is 13.0 Å². The highest BCUT2D eigenvalue weighted by atomic mass is 32.1. The molecular weight excluding hydrogens is 288 g/mol. The van der Waals surface area contributed by atoms with Gasteiger partial charge in [-0.15, -0.1) is 0 Å². The normalized spacial score (nSPS) is 17.8. The van der Waals surface area contributed by atoms with Crippen molar-refractivity contribution >= 4 is 27.6 Å². The van der Waals surface area contributed by atoms with Crippen LogP contribution in [0.2, 0.25) is 0 Å². The van der Waals surface area contributed by atoms with Gasteiger partial charge in [0.1, 0.15) is 10.3 Å². The molecular formula is C14H18N4O2S. The molecule has 1 aliphatic rings. The monoisotopic (exact) mass is 306 g/mol. The molecule has 0 radical (unpaired) electrons. The first-order valence-electron chi connectivity index (χ1n) is 7.05. The molecule has 1 unspecified atom stereocenters. The zero-order chi connectivity index (χ0) is 14.7. The number of thiazole rings is 1. The summed E-state index contributed by atoms with van der Waals surface area (Å²) >= 11 is 1.33. The Kier molecular flexibility index (Phi) is 4.42. The second kappa shape index (κ2) is 6.46. The van der Waals surface area contributed by atoms with Gasteiger partial charge in [0, 0.05) is 31.9 Å². The molecule has 112 valence electrons. The molecule has 2 aromatic heterocycles. The van der Waals surface area contributed by atoms with Crippen molar-refractivity contribution in [2.75, 3.05) is 32.8 Å². The number of aromatic nitrogens is 2. The topological polar surface area (TPSA) is 67.3 Å². The quantitative estimate of drug-likeness (QED) is 0.917. The highest BCUT2D eigenvalue weighted by molar-refractivity contribution is 7.19. The summed E-state index contributed by atoms with van der Waals surface area (Å²) in [6.45, 7) is 6.22. The van der Waals surface area contributed by atoms with Crippen LogP contribution in [0.15, 0.2) is 18.3 Å². The number of rotatable bonds is 4. The van der Waals surface area contributed by atoms with Gasteiger partial charge in [0.2, 0.25) is 0 Å². The zero-order valence-electron chi connectivity index (χ0n) is 11.9. The number of nitrogens with one attached hydrogen (secondary N) is 1. The lowest BCUT2D eigenvalue weighted by Crippen LogP contribution is -2.46. The number of ether oxygens (including phenoxy) is 1. The smallest absolute Gasteiger partial charge is 0.280 e. The predicted molar refractivity (Wildman–Crippen MR) is 81.6 cm³/mol. The number of pyridine rings is 1. The molecule has 0 aliphatic carbocycles. The molecule has 1 fully saturated rings. The van der Waals surface area contributed by atoms with E-state index in [0.717, 1.165) is 43.2 Å². The summed E-state index contributed by atoms with van der Waals surface area (Å²) in [6.07, 6.45) is 1.71. The second-order valence-corrected chi connectivity index (χ2v) is 6.11. The Balaban J connectivity index is 1.59. The van der Waals surface area contributed by atoms with E-state index in [2.05, 4.69) is 20.2 Å². The van der Waals surface area contributed by atoms with Gasteiger partial charge in [0.25, 0.3) is 5.91 Å². The molecule has 0 spiro atoms. The van der Waals surface area contributed by atoms with Crippen molar-refractivity contribution in [3.8, 4) is 0 Å². The maximum Gasteiger partial charge on any atom is 0.280 e. The number of carbonyl (C=O) groups is 1. The van der Waals surface area contributed by atoms with Gasteiger partial charge in [-0.2, -0.15) is 0 Å². The Morgan fingerprint density at radius 2 is 2.33 bits per heavy atom. The van der Waals surface area contributed by atoms with E-state index in [1.54, 1.807) is 6.20 Å². The van der Waals surface area contributed by atoms with E-state index in [0.29, 0.717) is 5.01 Å². The first-order valence-corrected chi connectivity index (χ1v) is 7.86. The number of carbonyl (C=O) groups excluding carboxylic acids is 1. The highest BCUT2D eigenvalue weighted by Crippen LogP contribution is 2.19. The maximum atomic E-state index is 12.2. The lowest BCUT2D eigenvalue weighted by Gasteiger charge is -2.29. The largest absolute Gasteiger partial charge is 0.379 e. The third kappa shape index (κ3) is 3.55. The third-order valence-corrected chi connectivity index (χ3v) is 4.35. The van der Waals surface area contributed by atoms with Gasteiger partial charge in [-0.1, -0.05) is 11.3 Å². The summed E-state index contributed by atoms with van der Waals surface area (Å²) in [5, 5.41) is 3.47. The van der Waals surface area contributed by atoms with Crippen molar-refractivity contribution < 1.29 is 9.53 Å². The fourth-order valence-electron chi connectivity index (χ4n) is 2.37. The Labute approximate surface area is 127 Å². The molecule has 0 saturated carbocycles. The van der Waals surface area contributed by atoms with E-state index < -0.39 is 0 Å². The van der Waals surface area contributed by atoms with Crippen LogP contribution in [0, 0.1) is 0 Å². The Morgan fingerprint density at radius 3 is 3.10 bits per heavy atom. The number of morpholine rings is 1. The first kappa shape index (κ1) is 14.4. The van der Waals surface area contributed by atoms with Crippen molar-refractivity contribution in [1.82, 2.24) is 20.2 Å². The second-order valence-electron chi connectivity index (χ2n) is 5.13. The van der Waals surface area contributed by atoms with E-state index in [9.17, 15) is 4.79 Å². The molecule has 21 heavy (non-hydrogen) atoms. The molecule has 7 heteroatoms. The van der Waals surface area contributed by atoms with E-state index >= 15 is 0 Å². The van der Waals surface area contributed by atoms with Crippen LogP contribution < -0.4 is 5.32 Å². The molecule has 2 aromatic rings. The molecule has 1 amide bonds. The SMILES string of the molecule is CC(CN1CCOCC1)NC(=O)c1nc2cccnc2s1. The number of hydrogen-bond acceptors (Lipinski definition) is 6. The zero-order valence-corrected chi connectivity index (χ0v) is 12.7. The van der Waals surface area contributed by atoms with Gasteiger partial charge in [-0.25, -0.2) is 9.97 Å². The van der Waals surface area contributed by atoms with Gasteiger partial charge in [0.15, 0.2) is 5.01 Å². The predicted octanol–water partition coefficient (Wildman–Crippen LogP) is 1.14. The van der Waals surface area contributed by atoms with Crippen molar-refractivity contribution in [3.05, 3.63) is 23.3 Å². The minimum absolute atomic E-state index is 0.0792. The van der Waals surface area contributed by atoms with Gasteiger partial charge < -0.3 is 10.1 Å². The molecule has 3 rings (SSSR count). The molecule has 1 aliphatic heterocycles. The van der Waals surface area contributed by atoms with Crippen molar-refractivity contribution in [3.63, 3.8) is 0 Å². The molecule has 1 N–H and O–H groups in total. The minimum atomic E-state index is -0.126. The van der Waals surface area contributed by atoms with Crippen LogP contribution in [0.5, 0.6) is 0 Å². The van der Waals surface area contributed by atoms with Gasteiger partial charge in [0.05, 0.1) is 13.2 Å². The molecule has 3 heterocycles. The van der Waals surface area contributed by atoms with Crippen LogP contribution in [0.1, 0.15) is 16.7 Å². The summed E-state index contributed by atoms with van der Waals surface area (Å²) in [5.41, 5.74) is 0.772. The van der Waals surface area contributed by atoms with Gasteiger partial charge >= 0.3 is 0 Å². The van der Waals surface area contributed by atoms with E-state index in [4.69, 9.17) is 4.74 Å². The van der Waals surface area contributed by atoms with Gasteiger partial charge in [-0.3, -0.25) is 9.69 Å². The Bertz CT molecular complexity index is 591. The van der Waals surface area contributed by atoms with Gasteiger partial charge in [-0.05, 0) is 19.1 Å². The summed E-state index contributed by atoms with van der Waals surface area (Å²) < 4.78 is 5.32. The number of hydrogen-bond donors (Lipinski definition) is 1. The Morgan fingerprint density at radius 1 is 1.52 bits per heavy atom. The summed E-state index contributed by atoms with van der Waals surface area (Å²) in [4.78, 5) is 23.9. The average molecular weight is 306 g/mol. The van der Waals surface area contributed by atoms with E-state index in [1.807, 2.05) is 19.1 Å². The molecule has 0 aromatic carbocycles. The van der Waals surface area contributed by atoms with Crippen LogP contribution in [-0.4, -0.2) is 59.7 Å². The van der Waals surface area contributed by atoms with Crippen LogP contribution >= 0.6 is 11.3 Å². The van der Waals surface area contributed by atoms with Crippen LogP contribution in [-0.2, 0) is 4.74 Å². The molecule has 0 bridgehead atoms. The standard InChI is InChI=1S/C14H18N4O2S/c1-10(9-18-5-7-20-8-6-18)16-12(19)14-17-11-3-2-4-15-13(11)21-14/h2-4,10H,5-9H2,1H3,(H,16,19). The lowest BCUT2D eigenvalue weighted by molar-refractivity contribution is 0.0342. The highest BCUT2D eigenvalue weighted by Gasteiger charge is 2.18. The first-order chi connectivity index (χ1) is 10.2. The molecule has 1 atom stereocenters. The van der Waals surface area contributed by atoms with Crippen molar-refractivity contribution in [1.29, 1.82) is 0 Å². The molecule has 6 nitrogen and oxygen atoms in total. The lowest BCUT2D eigenvalue weighted by atomic mass is 10.3. The Hall–Kier alpha value is -1.57. The van der Waals surface area contributed by atoms with Crippen LogP contribution in [0.25, 0.3) is 10.3 Å². The third-order valence-electron chi connectivity index (χ3n) is 3.37. The molecule has 1 saturated heterocycles. The summed E-state index contributed by atoms with van der Waals surface area (Å²) in [6, 6.07) is 3.77.